The molecule has 1 atom stereocenters. The Morgan fingerprint density at radius 2 is 1.59 bits per heavy atom. The third-order valence-corrected chi connectivity index (χ3v) is 4.09. The fourth-order valence-corrected chi connectivity index (χ4v) is 3.30. The Bertz CT molecular complexity index is 619. The fraction of sp³-hybridized carbons (Fsp3) is 0.176. The van der Waals surface area contributed by atoms with E-state index < -0.39 is 0 Å². The second kappa shape index (κ2) is 3.33. The van der Waals surface area contributed by atoms with Gasteiger partial charge in [-0.15, -0.1) is 0 Å². The summed E-state index contributed by atoms with van der Waals surface area (Å²) in [6.45, 7) is 0. The molecule has 5 rings (SSSR count). The average molecular weight is 218 g/mol. The van der Waals surface area contributed by atoms with Crippen molar-refractivity contribution in [2.75, 3.05) is 0 Å². The maximum Gasteiger partial charge on any atom is 0.0104 e. The van der Waals surface area contributed by atoms with Gasteiger partial charge in [-0.2, -0.15) is 0 Å². The molecule has 0 nitrogen and oxygen atoms in total. The maximum absolute atomic E-state index is 2.39. The van der Waals surface area contributed by atoms with E-state index in [2.05, 4.69) is 54.6 Å². The summed E-state index contributed by atoms with van der Waals surface area (Å²) in [4.78, 5) is 0. The standard InChI is InChI=1S/C17H14/c1-2-6-14-12(5-1)11-13-9-10-17(14)16-8-4-3-7-15(13)16/h1-8,11,17H,9-10H2/t17-/m1/s1. The molecular weight excluding hydrogens is 204 g/mol. The highest BCUT2D eigenvalue weighted by Crippen LogP contribution is 2.46. The normalized spacial score (nSPS) is 20.2. The minimum atomic E-state index is 0.602. The van der Waals surface area contributed by atoms with Crippen LogP contribution in [-0.4, -0.2) is 0 Å². The van der Waals surface area contributed by atoms with Gasteiger partial charge in [0.25, 0.3) is 0 Å². The highest BCUT2D eigenvalue weighted by atomic mass is 14.3. The summed E-state index contributed by atoms with van der Waals surface area (Å²) in [6.07, 6.45) is 4.87. The largest absolute Gasteiger partial charge is 0.0619 e. The van der Waals surface area contributed by atoms with Crippen LogP contribution in [0, 0.1) is 0 Å². The van der Waals surface area contributed by atoms with Gasteiger partial charge in [0.05, 0.1) is 0 Å². The number of hydrogen-bond donors (Lipinski definition) is 0. The van der Waals surface area contributed by atoms with Crippen molar-refractivity contribution in [2.24, 2.45) is 0 Å². The van der Waals surface area contributed by atoms with Gasteiger partial charge < -0.3 is 0 Å². The van der Waals surface area contributed by atoms with Gasteiger partial charge in [0.1, 0.15) is 0 Å². The van der Waals surface area contributed by atoms with Crippen molar-refractivity contribution >= 4 is 11.6 Å². The van der Waals surface area contributed by atoms with Crippen LogP contribution < -0.4 is 0 Å². The summed E-state index contributed by atoms with van der Waals surface area (Å²) in [6, 6.07) is 17.8. The molecule has 0 saturated carbocycles. The Balaban J connectivity index is 2.08. The van der Waals surface area contributed by atoms with E-state index in [1.54, 1.807) is 0 Å². The van der Waals surface area contributed by atoms with Crippen molar-refractivity contribution in [3.63, 3.8) is 0 Å². The lowest BCUT2D eigenvalue weighted by molar-refractivity contribution is 0.717. The third-order valence-electron chi connectivity index (χ3n) is 4.09. The van der Waals surface area contributed by atoms with E-state index in [1.807, 2.05) is 0 Å². The number of fused-ring (bicyclic) bond motifs is 1. The van der Waals surface area contributed by atoms with Crippen LogP contribution in [0.3, 0.4) is 0 Å². The van der Waals surface area contributed by atoms with Crippen LogP contribution in [0.2, 0.25) is 0 Å². The topological polar surface area (TPSA) is 0 Å². The number of benzene rings is 2. The minimum absolute atomic E-state index is 0.602. The molecule has 0 spiro atoms. The molecule has 2 aromatic rings. The van der Waals surface area contributed by atoms with E-state index in [0.29, 0.717) is 5.92 Å². The summed E-state index contributed by atoms with van der Waals surface area (Å²) in [5, 5.41) is 0. The van der Waals surface area contributed by atoms with Gasteiger partial charge in [0.2, 0.25) is 0 Å². The van der Waals surface area contributed by atoms with E-state index in [9.17, 15) is 0 Å². The quantitative estimate of drug-likeness (QED) is 0.612. The predicted molar refractivity (Wildman–Crippen MR) is 71.8 cm³/mol. The van der Waals surface area contributed by atoms with Crippen molar-refractivity contribution < 1.29 is 0 Å². The van der Waals surface area contributed by atoms with Crippen LogP contribution in [0.4, 0.5) is 0 Å². The van der Waals surface area contributed by atoms with Gasteiger partial charge >= 0.3 is 0 Å². The average Bonchev–Trinajstić information content (AvgIpc) is 2.66. The fourth-order valence-electron chi connectivity index (χ4n) is 3.30. The highest BCUT2D eigenvalue weighted by molar-refractivity contribution is 5.87. The summed E-state index contributed by atoms with van der Waals surface area (Å²) in [5.74, 6) is 0.602. The molecule has 0 aromatic heterocycles. The first-order chi connectivity index (χ1) is 8.43. The lowest BCUT2D eigenvalue weighted by Gasteiger charge is -2.25. The van der Waals surface area contributed by atoms with E-state index >= 15 is 0 Å². The second-order valence-electron chi connectivity index (χ2n) is 4.98. The van der Waals surface area contributed by atoms with E-state index in [-0.39, 0.29) is 0 Å². The molecule has 0 radical (unpaired) electrons. The maximum atomic E-state index is 2.39. The molecule has 0 heteroatoms. The van der Waals surface area contributed by atoms with Crippen molar-refractivity contribution in [2.45, 2.75) is 18.8 Å². The van der Waals surface area contributed by atoms with Crippen LogP contribution >= 0.6 is 0 Å². The Morgan fingerprint density at radius 1 is 0.824 bits per heavy atom. The monoisotopic (exact) mass is 218 g/mol. The van der Waals surface area contributed by atoms with Crippen molar-refractivity contribution in [1.29, 1.82) is 0 Å². The SMILES string of the molecule is C1=C2CC[C@H](c3ccccc31)c1ccccc12. The molecule has 3 aliphatic rings. The third kappa shape index (κ3) is 1.24. The summed E-state index contributed by atoms with van der Waals surface area (Å²) < 4.78 is 0. The molecule has 0 heterocycles. The zero-order valence-electron chi connectivity index (χ0n) is 9.69. The van der Waals surface area contributed by atoms with Crippen LogP contribution in [-0.2, 0) is 0 Å². The molecule has 0 saturated heterocycles. The summed E-state index contributed by atoms with van der Waals surface area (Å²) in [5.41, 5.74) is 7.44. The van der Waals surface area contributed by atoms with Crippen LogP contribution in [0.15, 0.2) is 48.5 Å². The van der Waals surface area contributed by atoms with Gasteiger partial charge in [-0.25, -0.2) is 0 Å². The smallest absolute Gasteiger partial charge is 0.0104 e. The first kappa shape index (κ1) is 9.23. The number of allylic oxidation sites excluding steroid dienone is 1. The van der Waals surface area contributed by atoms with Crippen molar-refractivity contribution in [3.05, 3.63) is 70.8 Å². The number of rotatable bonds is 0. The molecule has 0 N–H and O–H groups in total. The van der Waals surface area contributed by atoms with Gasteiger partial charge in [-0.05, 0) is 40.7 Å². The molecule has 0 fully saturated rings. The lowest BCUT2D eigenvalue weighted by atomic mass is 9.79. The van der Waals surface area contributed by atoms with E-state index in [0.717, 1.165) is 0 Å². The minimum Gasteiger partial charge on any atom is -0.0619 e. The summed E-state index contributed by atoms with van der Waals surface area (Å²) >= 11 is 0. The van der Waals surface area contributed by atoms with Gasteiger partial charge in [-0.3, -0.25) is 0 Å². The first-order valence-electron chi connectivity index (χ1n) is 6.32. The van der Waals surface area contributed by atoms with Gasteiger partial charge in [0.15, 0.2) is 0 Å². The highest BCUT2D eigenvalue weighted by Gasteiger charge is 2.28. The Labute approximate surface area is 102 Å². The molecule has 2 bridgehead atoms. The van der Waals surface area contributed by atoms with Crippen molar-refractivity contribution in [3.8, 4) is 0 Å². The molecule has 2 aromatic carbocycles. The van der Waals surface area contributed by atoms with Gasteiger partial charge in [0, 0.05) is 5.92 Å². The zero-order valence-corrected chi connectivity index (χ0v) is 9.69. The van der Waals surface area contributed by atoms with Crippen molar-refractivity contribution in [1.82, 2.24) is 0 Å². The molecular formula is C17H14. The Morgan fingerprint density at radius 3 is 2.53 bits per heavy atom. The molecule has 17 heavy (non-hydrogen) atoms. The predicted octanol–water partition coefficient (Wildman–Crippen LogP) is 4.47. The van der Waals surface area contributed by atoms with E-state index in [1.165, 1.54) is 40.7 Å². The molecule has 3 aliphatic carbocycles. The number of hydrogen-bond acceptors (Lipinski definition) is 0. The van der Waals surface area contributed by atoms with E-state index in [4.69, 9.17) is 0 Å². The first-order valence-corrected chi connectivity index (χ1v) is 6.32. The van der Waals surface area contributed by atoms with Crippen LogP contribution in [0.1, 0.15) is 41.0 Å². The molecule has 82 valence electrons. The van der Waals surface area contributed by atoms with Crippen LogP contribution in [0.5, 0.6) is 0 Å². The molecule has 0 unspecified atom stereocenters. The molecule has 0 aliphatic heterocycles. The van der Waals surface area contributed by atoms with Gasteiger partial charge in [-0.1, -0.05) is 54.6 Å². The van der Waals surface area contributed by atoms with Crippen LogP contribution in [0.25, 0.3) is 11.6 Å². The Hall–Kier alpha value is -1.82. The second-order valence-corrected chi connectivity index (χ2v) is 4.98. The summed E-state index contributed by atoms with van der Waals surface area (Å²) in [7, 11) is 0. The lowest BCUT2D eigenvalue weighted by Crippen LogP contribution is -2.08. The zero-order chi connectivity index (χ0) is 11.2. The molecule has 0 amide bonds. The Kier molecular flexibility index (Phi) is 1.81.